The standard InChI is InChI=1S/C22H19Cl2NO3/c1-13(2)21-18(14-3-5-15(23)6-4-14)11-19(22(26)27)20(25-21)12-28-17-9-7-16(24)8-10-17/h3-11,13H,12H2,1-2H3,(H,26,27). The fraction of sp³-hybridized carbons (Fsp3) is 0.182. The number of benzene rings is 2. The van der Waals surface area contributed by atoms with Crippen molar-refractivity contribution in [2.75, 3.05) is 0 Å². The van der Waals surface area contributed by atoms with Crippen molar-refractivity contribution < 1.29 is 14.6 Å². The van der Waals surface area contributed by atoms with Gasteiger partial charge in [-0.1, -0.05) is 49.2 Å². The molecule has 0 saturated carbocycles. The molecule has 0 unspecified atom stereocenters. The fourth-order valence-corrected chi connectivity index (χ4v) is 3.10. The molecule has 28 heavy (non-hydrogen) atoms. The van der Waals surface area contributed by atoms with Gasteiger partial charge in [0.25, 0.3) is 0 Å². The minimum atomic E-state index is -1.05. The van der Waals surface area contributed by atoms with Gasteiger partial charge in [0.2, 0.25) is 0 Å². The summed E-state index contributed by atoms with van der Waals surface area (Å²) >= 11 is 11.9. The number of rotatable bonds is 6. The fourth-order valence-electron chi connectivity index (χ4n) is 2.85. The van der Waals surface area contributed by atoms with Crippen molar-refractivity contribution in [3.63, 3.8) is 0 Å². The van der Waals surface area contributed by atoms with Gasteiger partial charge in [-0.05, 0) is 53.9 Å². The Morgan fingerprint density at radius 1 is 1.04 bits per heavy atom. The second-order valence-electron chi connectivity index (χ2n) is 6.62. The number of ether oxygens (including phenoxy) is 1. The lowest BCUT2D eigenvalue weighted by molar-refractivity contribution is 0.0693. The predicted octanol–water partition coefficient (Wildman–Crippen LogP) is 6.46. The van der Waals surface area contributed by atoms with Crippen molar-refractivity contribution in [1.82, 2.24) is 4.98 Å². The summed E-state index contributed by atoms with van der Waals surface area (Å²) in [6.45, 7) is 4.09. The summed E-state index contributed by atoms with van der Waals surface area (Å²) in [5.74, 6) is -0.356. The van der Waals surface area contributed by atoms with E-state index < -0.39 is 5.97 Å². The number of aromatic carboxylic acids is 1. The molecule has 6 heteroatoms. The smallest absolute Gasteiger partial charge is 0.337 e. The minimum Gasteiger partial charge on any atom is -0.487 e. The molecule has 0 bridgehead atoms. The molecule has 0 fully saturated rings. The van der Waals surface area contributed by atoms with Gasteiger partial charge in [-0.2, -0.15) is 0 Å². The lowest BCUT2D eigenvalue weighted by Crippen LogP contribution is -2.12. The maximum absolute atomic E-state index is 11.9. The summed E-state index contributed by atoms with van der Waals surface area (Å²) in [4.78, 5) is 16.5. The van der Waals surface area contributed by atoms with Crippen LogP contribution in [0.3, 0.4) is 0 Å². The van der Waals surface area contributed by atoms with Crippen LogP contribution >= 0.6 is 23.2 Å². The molecule has 0 aliphatic carbocycles. The summed E-state index contributed by atoms with van der Waals surface area (Å²) < 4.78 is 5.73. The SMILES string of the molecule is CC(C)c1nc(COc2ccc(Cl)cc2)c(C(=O)O)cc1-c1ccc(Cl)cc1. The van der Waals surface area contributed by atoms with E-state index in [0.29, 0.717) is 21.5 Å². The van der Waals surface area contributed by atoms with Gasteiger partial charge in [0.15, 0.2) is 0 Å². The average Bonchev–Trinajstić information content (AvgIpc) is 2.67. The van der Waals surface area contributed by atoms with E-state index in [1.54, 1.807) is 42.5 Å². The maximum Gasteiger partial charge on any atom is 0.337 e. The molecule has 0 amide bonds. The van der Waals surface area contributed by atoms with Crippen molar-refractivity contribution in [1.29, 1.82) is 0 Å². The highest BCUT2D eigenvalue weighted by Gasteiger charge is 2.20. The van der Waals surface area contributed by atoms with Crippen molar-refractivity contribution in [2.24, 2.45) is 0 Å². The minimum absolute atomic E-state index is 0.0455. The molecule has 3 aromatic rings. The predicted molar refractivity (Wildman–Crippen MR) is 112 cm³/mol. The highest BCUT2D eigenvalue weighted by molar-refractivity contribution is 6.30. The molecule has 1 N–H and O–H groups in total. The number of carbonyl (C=O) groups is 1. The van der Waals surface area contributed by atoms with Crippen LogP contribution < -0.4 is 4.74 Å². The van der Waals surface area contributed by atoms with E-state index in [0.717, 1.165) is 16.8 Å². The number of hydrogen-bond acceptors (Lipinski definition) is 3. The normalized spacial score (nSPS) is 10.9. The van der Waals surface area contributed by atoms with Crippen LogP contribution in [0.2, 0.25) is 10.0 Å². The van der Waals surface area contributed by atoms with Crippen molar-refractivity contribution >= 4 is 29.2 Å². The van der Waals surface area contributed by atoms with Gasteiger partial charge in [-0.15, -0.1) is 0 Å². The topological polar surface area (TPSA) is 59.4 Å². The number of hydrogen-bond donors (Lipinski definition) is 1. The third-order valence-electron chi connectivity index (χ3n) is 4.25. The quantitative estimate of drug-likeness (QED) is 0.501. The monoisotopic (exact) mass is 415 g/mol. The van der Waals surface area contributed by atoms with Crippen molar-refractivity contribution in [2.45, 2.75) is 26.4 Å². The van der Waals surface area contributed by atoms with Gasteiger partial charge < -0.3 is 9.84 Å². The van der Waals surface area contributed by atoms with Crippen LogP contribution in [0.4, 0.5) is 0 Å². The van der Waals surface area contributed by atoms with Gasteiger partial charge in [0.1, 0.15) is 12.4 Å². The molecule has 1 heterocycles. The Balaban J connectivity index is 2.02. The van der Waals surface area contributed by atoms with Crippen LogP contribution in [0.5, 0.6) is 5.75 Å². The summed E-state index contributed by atoms with van der Waals surface area (Å²) in [6, 6.07) is 15.8. The van der Waals surface area contributed by atoms with E-state index in [9.17, 15) is 9.90 Å². The number of pyridine rings is 1. The lowest BCUT2D eigenvalue weighted by atomic mass is 9.95. The van der Waals surface area contributed by atoms with Crippen LogP contribution in [0.15, 0.2) is 54.6 Å². The highest BCUT2D eigenvalue weighted by atomic mass is 35.5. The van der Waals surface area contributed by atoms with Crippen molar-refractivity contribution in [3.05, 3.63) is 81.6 Å². The van der Waals surface area contributed by atoms with E-state index >= 15 is 0 Å². The van der Waals surface area contributed by atoms with Gasteiger partial charge in [-0.25, -0.2) is 4.79 Å². The zero-order chi connectivity index (χ0) is 20.3. The third kappa shape index (κ3) is 4.64. The number of nitrogens with zero attached hydrogens (tertiary/aromatic N) is 1. The largest absolute Gasteiger partial charge is 0.487 e. The first-order valence-corrected chi connectivity index (χ1v) is 9.52. The Labute approximate surface area is 173 Å². The van der Waals surface area contributed by atoms with E-state index in [2.05, 4.69) is 4.98 Å². The summed E-state index contributed by atoms with van der Waals surface area (Å²) in [5.41, 5.74) is 2.95. The number of aromatic nitrogens is 1. The first-order chi connectivity index (χ1) is 13.3. The zero-order valence-electron chi connectivity index (χ0n) is 15.4. The van der Waals surface area contributed by atoms with E-state index in [-0.39, 0.29) is 18.1 Å². The second kappa shape index (κ2) is 8.63. The van der Waals surface area contributed by atoms with Gasteiger partial charge in [-0.3, -0.25) is 4.98 Å². The van der Waals surface area contributed by atoms with Gasteiger partial charge >= 0.3 is 5.97 Å². The number of halogens is 2. The number of carboxylic acids is 1. The molecule has 0 saturated heterocycles. The van der Waals surface area contributed by atoms with Crippen LogP contribution in [0, 0.1) is 0 Å². The van der Waals surface area contributed by atoms with Gasteiger partial charge in [0, 0.05) is 15.6 Å². The molecule has 2 aromatic carbocycles. The molecule has 0 radical (unpaired) electrons. The third-order valence-corrected chi connectivity index (χ3v) is 4.76. The number of carboxylic acid groups (broad SMARTS) is 1. The van der Waals surface area contributed by atoms with E-state index in [4.69, 9.17) is 27.9 Å². The Hall–Kier alpha value is -2.56. The molecule has 1 aromatic heterocycles. The molecule has 3 rings (SSSR count). The zero-order valence-corrected chi connectivity index (χ0v) is 17.0. The Bertz CT molecular complexity index is 984. The first kappa shape index (κ1) is 20.2. The highest BCUT2D eigenvalue weighted by Crippen LogP contribution is 2.31. The molecule has 144 valence electrons. The summed E-state index contributed by atoms with van der Waals surface area (Å²) in [6.07, 6.45) is 0. The summed E-state index contributed by atoms with van der Waals surface area (Å²) in [5, 5.41) is 10.9. The van der Waals surface area contributed by atoms with E-state index in [1.165, 1.54) is 0 Å². The van der Waals surface area contributed by atoms with Crippen LogP contribution in [-0.2, 0) is 6.61 Å². The maximum atomic E-state index is 11.9. The molecule has 4 nitrogen and oxygen atoms in total. The Morgan fingerprint density at radius 2 is 1.61 bits per heavy atom. The Morgan fingerprint density at radius 3 is 2.14 bits per heavy atom. The summed E-state index contributed by atoms with van der Waals surface area (Å²) in [7, 11) is 0. The van der Waals surface area contributed by atoms with Gasteiger partial charge in [0.05, 0.1) is 17.0 Å². The first-order valence-electron chi connectivity index (χ1n) is 8.76. The molecular formula is C22H19Cl2NO3. The molecular weight excluding hydrogens is 397 g/mol. The lowest BCUT2D eigenvalue weighted by Gasteiger charge is -2.17. The molecule has 0 atom stereocenters. The van der Waals surface area contributed by atoms with Crippen LogP contribution in [-0.4, -0.2) is 16.1 Å². The molecule has 0 aliphatic rings. The Kier molecular flexibility index (Phi) is 6.22. The van der Waals surface area contributed by atoms with Crippen molar-refractivity contribution in [3.8, 4) is 16.9 Å². The molecule has 0 aliphatic heterocycles. The van der Waals surface area contributed by atoms with Crippen LogP contribution in [0.25, 0.3) is 11.1 Å². The average molecular weight is 416 g/mol. The second-order valence-corrected chi connectivity index (χ2v) is 7.50. The molecule has 0 spiro atoms. The van der Waals surface area contributed by atoms with E-state index in [1.807, 2.05) is 26.0 Å². The van der Waals surface area contributed by atoms with Crippen LogP contribution in [0.1, 0.15) is 41.5 Å².